The van der Waals surface area contributed by atoms with Crippen molar-refractivity contribution in [2.75, 3.05) is 18.5 Å². The first-order valence-electron chi connectivity index (χ1n) is 11.6. The van der Waals surface area contributed by atoms with E-state index in [4.69, 9.17) is 21.1 Å². The van der Waals surface area contributed by atoms with E-state index >= 15 is 0 Å². The molecule has 1 aliphatic rings. The van der Waals surface area contributed by atoms with E-state index in [0.717, 1.165) is 42.3 Å². The lowest BCUT2D eigenvalue weighted by molar-refractivity contribution is 0.0926. The van der Waals surface area contributed by atoms with E-state index in [2.05, 4.69) is 15.6 Å². The molecule has 0 radical (unpaired) electrons. The first-order valence-corrected chi connectivity index (χ1v) is 12.0. The minimum absolute atomic E-state index is 0.0765. The normalized spacial score (nSPS) is 18.0. The maximum atomic E-state index is 12.8. The molecular formula is C26H30ClN3O3. The predicted molar refractivity (Wildman–Crippen MR) is 133 cm³/mol. The third-order valence-corrected chi connectivity index (χ3v) is 6.17. The Morgan fingerprint density at radius 1 is 0.970 bits per heavy atom. The van der Waals surface area contributed by atoms with Gasteiger partial charge in [0.15, 0.2) is 11.5 Å². The molecular weight excluding hydrogens is 438 g/mol. The van der Waals surface area contributed by atoms with Gasteiger partial charge in [-0.05, 0) is 82.0 Å². The number of anilines is 1. The maximum absolute atomic E-state index is 12.8. The van der Waals surface area contributed by atoms with Gasteiger partial charge in [-0.1, -0.05) is 11.6 Å². The summed E-state index contributed by atoms with van der Waals surface area (Å²) in [6.45, 7) is 4.90. The van der Waals surface area contributed by atoms with Gasteiger partial charge in [-0.15, -0.1) is 0 Å². The largest absolute Gasteiger partial charge is 0.490 e. The lowest BCUT2D eigenvalue weighted by Gasteiger charge is -2.30. The van der Waals surface area contributed by atoms with Gasteiger partial charge in [-0.3, -0.25) is 9.78 Å². The number of rotatable bonds is 8. The second-order valence-electron chi connectivity index (χ2n) is 8.21. The van der Waals surface area contributed by atoms with Crippen LogP contribution in [0.5, 0.6) is 11.5 Å². The average molecular weight is 468 g/mol. The summed E-state index contributed by atoms with van der Waals surface area (Å²) in [7, 11) is 0. The van der Waals surface area contributed by atoms with Gasteiger partial charge >= 0.3 is 0 Å². The molecule has 2 N–H and O–H groups in total. The van der Waals surface area contributed by atoms with Crippen molar-refractivity contribution in [3.05, 3.63) is 59.2 Å². The lowest BCUT2D eigenvalue weighted by Crippen LogP contribution is -2.40. The first-order chi connectivity index (χ1) is 16.1. The summed E-state index contributed by atoms with van der Waals surface area (Å²) in [6.07, 6.45) is 5.62. The Bertz CT molecular complexity index is 1110. The van der Waals surface area contributed by atoms with Gasteiger partial charge in [0.1, 0.15) is 0 Å². The van der Waals surface area contributed by atoms with Crippen molar-refractivity contribution in [3.8, 4) is 11.5 Å². The quantitative estimate of drug-likeness (QED) is 0.435. The fourth-order valence-corrected chi connectivity index (χ4v) is 4.48. The fourth-order valence-electron chi connectivity index (χ4n) is 4.31. The van der Waals surface area contributed by atoms with Crippen LogP contribution in [-0.2, 0) is 0 Å². The number of amides is 1. The number of nitrogens with one attached hydrogen (secondary N) is 2. The number of ether oxygens (including phenoxy) is 2. The number of fused-ring (bicyclic) bond motifs is 1. The number of hydrogen-bond acceptors (Lipinski definition) is 5. The third kappa shape index (κ3) is 5.69. The highest BCUT2D eigenvalue weighted by Gasteiger charge is 2.23. The van der Waals surface area contributed by atoms with E-state index in [0.29, 0.717) is 41.3 Å². The molecule has 1 aromatic heterocycles. The van der Waals surface area contributed by atoms with Crippen LogP contribution in [0, 0.1) is 0 Å². The van der Waals surface area contributed by atoms with Crippen LogP contribution in [0.4, 0.5) is 5.69 Å². The highest BCUT2D eigenvalue weighted by Crippen LogP contribution is 2.30. The van der Waals surface area contributed by atoms with Crippen LogP contribution in [0.15, 0.2) is 48.7 Å². The molecule has 6 nitrogen and oxygen atoms in total. The van der Waals surface area contributed by atoms with Gasteiger partial charge in [0.25, 0.3) is 5.91 Å². The molecule has 0 aliphatic heterocycles. The van der Waals surface area contributed by atoms with E-state index in [1.165, 1.54) is 0 Å². The molecule has 0 bridgehead atoms. The number of carbonyl (C=O) groups is 1. The van der Waals surface area contributed by atoms with Gasteiger partial charge in [-0.2, -0.15) is 0 Å². The Hall–Kier alpha value is -2.99. The van der Waals surface area contributed by atoms with Gasteiger partial charge < -0.3 is 20.1 Å². The summed E-state index contributed by atoms with van der Waals surface area (Å²) in [5, 5.41) is 8.60. The summed E-state index contributed by atoms with van der Waals surface area (Å²) in [6, 6.07) is 13.6. The molecule has 0 atom stereocenters. The predicted octanol–water partition coefficient (Wildman–Crippen LogP) is 5.84. The number of halogens is 1. The minimum atomic E-state index is -0.0765. The van der Waals surface area contributed by atoms with Crippen molar-refractivity contribution >= 4 is 34.1 Å². The molecule has 2 aromatic carbocycles. The van der Waals surface area contributed by atoms with Crippen molar-refractivity contribution in [3.63, 3.8) is 0 Å². The molecule has 1 heterocycles. The molecule has 174 valence electrons. The number of hydrogen-bond donors (Lipinski definition) is 2. The van der Waals surface area contributed by atoms with E-state index in [1.54, 1.807) is 24.4 Å². The molecule has 0 spiro atoms. The second-order valence-corrected chi connectivity index (χ2v) is 8.65. The smallest absolute Gasteiger partial charge is 0.251 e. The van der Waals surface area contributed by atoms with Crippen molar-refractivity contribution in [2.45, 2.75) is 51.6 Å². The van der Waals surface area contributed by atoms with Crippen molar-refractivity contribution in [1.82, 2.24) is 10.3 Å². The first kappa shape index (κ1) is 23.2. The molecule has 4 rings (SSSR count). The summed E-state index contributed by atoms with van der Waals surface area (Å²) in [4.78, 5) is 17.3. The monoisotopic (exact) mass is 467 g/mol. The van der Waals surface area contributed by atoms with Crippen LogP contribution >= 0.6 is 11.6 Å². The molecule has 0 unspecified atom stereocenters. The summed E-state index contributed by atoms with van der Waals surface area (Å²) in [5.41, 5.74) is 2.54. The molecule has 3 aromatic rings. The molecule has 1 fully saturated rings. The summed E-state index contributed by atoms with van der Waals surface area (Å²) in [5.74, 6) is 1.19. The van der Waals surface area contributed by atoms with Crippen molar-refractivity contribution < 1.29 is 14.3 Å². The standard InChI is InChI=1S/C26H30ClN3O3/c1-3-32-24-12-5-17(15-25(24)33-4-2)26(31)30-20-9-7-19(8-10-20)29-22-13-14-28-23-16-18(27)6-11-21(22)23/h5-6,11-16,19-20H,3-4,7-10H2,1-2H3,(H,28,29)(H,30,31)/t19-,20+. The van der Waals surface area contributed by atoms with Crippen molar-refractivity contribution in [2.24, 2.45) is 0 Å². The van der Waals surface area contributed by atoms with Crippen molar-refractivity contribution in [1.29, 1.82) is 0 Å². The molecule has 1 amide bonds. The van der Waals surface area contributed by atoms with Gasteiger partial charge in [0.2, 0.25) is 0 Å². The van der Waals surface area contributed by atoms with Gasteiger partial charge in [0.05, 0.1) is 18.7 Å². The Kier molecular flexibility index (Phi) is 7.55. The molecule has 1 saturated carbocycles. The summed E-state index contributed by atoms with van der Waals surface area (Å²) < 4.78 is 11.2. The zero-order valence-corrected chi connectivity index (χ0v) is 19.8. The van der Waals surface area contributed by atoms with Crippen LogP contribution in [0.1, 0.15) is 49.9 Å². The van der Waals surface area contributed by atoms with E-state index < -0.39 is 0 Å². The van der Waals surface area contributed by atoms with Crippen LogP contribution in [0.3, 0.4) is 0 Å². The second kappa shape index (κ2) is 10.8. The maximum Gasteiger partial charge on any atom is 0.251 e. The average Bonchev–Trinajstić information content (AvgIpc) is 2.81. The Morgan fingerprint density at radius 3 is 2.45 bits per heavy atom. The van der Waals surface area contributed by atoms with Gasteiger partial charge in [0, 0.05) is 39.9 Å². The van der Waals surface area contributed by atoms with Crippen LogP contribution in [0.2, 0.25) is 5.02 Å². The zero-order chi connectivity index (χ0) is 23.2. The van der Waals surface area contributed by atoms with Gasteiger partial charge in [-0.25, -0.2) is 0 Å². The molecule has 1 aliphatic carbocycles. The Morgan fingerprint density at radius 2 is 1.70 bits per heavy atom. The van der Waals surface area contributed by atoms with E-state index in [-0.39, 0.29) is 11.9 Å². The highest BCUT2D eigenvalue weighted by atomic mass is 35.5. The fraction of sp³-hybridized carbons (Fsp3) is 0.385. The number of benzene rings is 2. The van der Waals surface area contributed by atoms with Crippen LogP contribution < -0.4 is 20.1 Å². The van der Waals surface area contributed by atoms with E-state index in [1.807, 2.05) is 38.1 Å². The molecule has 33 heavy (non-hydrogen) atoms. The number of pyridine rings is 1. The number of aromatic nitrogens is 1. The van der Waals surface area contributed by atoms with E-state index in [9.17, 15) is 4.79 Å². The Balaban J connectivity index is 1.34. The highest BCUT2D eigenvalue weighted by molar-refractivity contribution is 6.31. The molecule has 7 heteroatoms. The molecule has 0 saturated heterocycles. The third-order valence-electron chi connectivity index (χ3n) is 5.93. The van der Waals surface area contributed by atoms with Crippen LogP contribution in [0.25, 0.3) is 10.9 Å². The Labute approximate surface area is 199 Å². The topological polar surface area (TPSA) is 72.5 Å². The zero-order valence-electron chi connectivity index (χ0n) is 19.1. The minimum Gasteiger partial charge on any atom is -0.490 e. The number of carbonyl (C=O) groups excluding carboxylic acids is 1. The number of nitrogens with zero attached hydrogens (tertiary/aromatic N) is 1. The van der Waals surface area contributed by atoms with Crippen LogP contribution in [-0.4, -0.2) is 36.2 Å². The lowest BCUT2D eigenvalue weighted by atomic mass is 9.90. The summed E-state index contributed by atoms with van der Waals surface area (Å²) >= 11 is 6.10. The SMILES string of the molecule is CCOc1ccc(C(=O)N[C@H]2CC[C@@H](Nc3ccnc4cc(Cl)ccc34)CC2)cc1OCC.